The highest BCUT2D eigenvalue weighted by Crippen LogP contribution is 2.32. The normalized spacial score (nSPS) is 11.3. The molecule has 0 aliphatic carbocycles. The molecule has 0 saturated heterocycles. The number of nitrogens with two attached hydrogens (primary N) is 1. The fraction of sp³-hybridized carbons (Fsp3) is 0.0714. The zero-order valence-corrected chi connectivity index (χ0v) is 10.8. The Bertz CT molecular complexity index is 883. The second kappa shape index (κ2) is 3.90. The van der Waals surface area contributed by atoms with Gasteiger partial charge in [0.25, 0.3) is 0 Å². The predicted octanol–water partition coefficient (Wildman–Crippen LogP) is 3.20. The Labute approximate surface area is 113 Å². The lowest BCUT2D eigenvalue weighted by Gasteiger charge is -2.07. The maximum Gasteiger partial charge on any atom is 0.344 e. The number of nitrogen functional groups attached to an aromatic ring is 1. The van der Waals surface area contributed by atoms with E-state index in [1.165, 1.54) is 6.07 Å². The number of hydrogen-bond donors (Lipinski definition) is 2. The molecule has 2 aromatic carbocycles. The second-order valence-electron chi connectivity index (χ2n) is 4.44. The van der Waals surface area contributed by atoms with Crippen LogP contribution in [0.1, 0.15) is 5.56 Å². The highest BCUT2D eigenvalue weighted by molar-refractivity contribution is 6.33. The number of aromatic hydroxyl groups is 1. The van der Waals surface area contributed by atoms with Crippen LogP contribution in [0.5, 0.6) is 5.75 Å². The van der Waals surface area contributed by atoms with Gasteiger partial charge in [0.1, 0.15) is 11.3 Å². The lowest BCUT2D eigenvalue weighted by Crippen LogP contribution is -2.01. The largest absolute Gasteiger partial charge is 0.506 e. The summed E-state index contributed by atoms with van der Waals surface area (Å²) in [6.07, 6.45) is 0. The van der Waals surface area contributed by atoms with E-state index in [2.05, 4.69) is 0 Å². The van der Waals surface area contributed by atoms with Crippen LogP contribution in [0.4, 0.5) is 5.69 Å². The molecule has 0 aliphatic heterocycles. The molecule has 0 radical (unpaired) electrons. The molecule has 0 unspecified atom stereocenters. The number of fused-ring (bicyclic) bond motifs is 3. The average molecular weight is 276 g/mol. The molecule has 19 heavy (non-hydrogen) atoms. The number of rotatable bonds is 0. The molecule has 1 aromatic heterocycles. The van der Waals surface area contributed by atoms with Gasteiger partial charge in [-0.15, -0.1) is 0 Å². The highest BCUT2D eigenvalue weighted by atomic mass is 35.5. The van der Waals surface area contributed by atoms with Gasteiger partial charge in [0.05, 0.1) is 10.4 Å². The summed E-state index contributed by atoms with van der Waals surface area (Å²) in [5, 5.41) is 11.4. The molecule has 0 bridgehead atoms. The molecule has 5 heteroatoms. The summed E-state index contributed by atoms with van der Waals surface area (Å²) in [7, 11) is 0. The molecule has 0 fully saturated rings. The Morgan fingerprint density at radius 2 is 1.89 bits per heavy atom. The van der Waals surface area contributed by atoms with Crippen LogP contribution in [0.2, 0.25) is 5.02 Å². The van der Waals surface area contributed by atoms with Crippen LogP contribution in [0, 0.1) is 6.92 Å². The van der Waals surface area contributed by atoms with E-state index < -0.39 is 5.63 Å². The Hall–Kier alpha value is -2.20. The third-order valence-corrected chi connectivity index (χ3v) is 3.47. The number of hydrogen-bond acceptors (Lipinski definition) is 4. The van der Waals surface area contributed by atoms with Gasteiger partial charge in [0, 0.05) is 22.5 Å². The van der Waals surface area contributed by atoms with Gasteiger partial charge in [0.2, 0.25) is 0 Å². The summed E-state index contributed by atoms with van der Waals surface area (Å²) in [4.78, 5) is 11.9. The molecule has 3 aromatic rings. The molecule has 96 valence electrons. The van der Waals surface area contributed by atoms with Gasteiger partial charge in [-0.05, 0) is 30.7 Å². The first kappa shape index (κ1) is 11.9. The zero-order chi connectivity index (χ0) is 13.7. The van der Waals surface area contributed by atoms with Crippen molar-refractivity contribution in [1.82, 2.24) is 0 Å². The van der Waals surface area contributed by atoms with E-state index in [1.807, 2.05) is 13.0 Å². The number of benzene rings is 2. The summed E-state index contributed by atoms with van der Waals surface area (Å²) in [5.74, 6) is -0.145. The number of phenols is 1. The van der Waals surface area contributed by atoms with Gasteiger partial charge in [-0.25, -0.2) is 4.79 Å². The molecule has 1 heterocycles. The Morgan fingerprint density at radius 3 is 2.63 bits per heavy atom. The maximum atomic E-state index is 11.9. The second-order valence-corrected chi connectivity index (χ2v) is 4.85. The Kier molecular flexibility index (Phi) is 2.43. The first-order valence-electron chi connectivity index (χ1n) is 5.62. The third kappa shape index (κ3) is 1.72. The van der Waals surface area contributed by atoms with E-state index in [1.54, 1.807) is 12.1 Å². The number of phenolic OH excluding ortho intramolecular Hbond substituents is 1. The molecule has 4 nitrogen and oxygen atoms in total. The molecular weight excluding hydrogens is 266 g/mol. The molecular formula is C14H10ClNO3. The minimum Gasteiger partial charge on any atom is -0.506 e. The smallest absolute Gasteiger partial charge is 0.344 e. The predicted molar refractivity (Wildman–Crippen MR) is 75.8 cm³/mol. The Morgan fingerprint density at radius 1 is 1.16 bits per heavy atom. The van der Waals surface area contributed by atoms with Crippen LogP contribution in [0.25, 0.3) is 21.7 Å². The van der Waals surface area contributed by atoms with Crippen molar-refractivity contribution in [3.05, 3.63) is 45.3 Å². The summed E-state index contributed by atoms with van der Waals surface area (Å²) >= 11 is 5.90. The lowest BCUT2D eigenvalue weighted by molar-refractivity contribution is 0.476. The fourth-order valence-electron chi connectivity index (χ4n) is 2.11. The fourth-order valence-corrected chi connectivity index (χ4v) is 2.27. The van der Waals surface area contributed by atoms with Gasteiger partial charge < -0.3 is 15.3 Å². The molecule has 0 atom stereocenters. The lowest BCUT2D eigenvalue weighted by atomic mass is 10.0. The van der Waals surface area contributed by atoms with Gasteiger partial charge in [-0.2, -0.15) is 0 Å². The summed E-state index contributed by atoms with van der Waals surface area (Å²) in [6.45, 7) is 1.87. The molecule has 0 saturated carbocycles. The minimum absolute atomic E-state index is 0.145. The first-order valence-corrected chi connectivity index (χ1v) is 6.00. The number of halogens is 1. The minimum atomic E-state index is -0.530. The molecule has 3 N–H and O–H groups in total. The quantitative estimate of drug-likeness (QED) is 0.375. The summed E-state index contributed by atoms with van der Waals surface area (Å²) < 4.78 is 5.22. The maximum absolute atomic E-state index is 11.9. The molecule has 0 spiro atoms. The summed E-state index contributed by atoms with van der Waals surface area (Å²) in [6, 6.07) is 6.32. The van der Waals surface area contributed by atoms with Crippen molar-refractivity contribution < 1.29 is 9.52 Å². The third-order valence-electron chi connectivity index (χ3n) is 3.17. The van der Waals surface area contributed by atoms with Crippen molar-refractivity contribution in [3.63, 3.8) is 0 Å². The van der Waals surface area contributed by atoms with Crippen LogP contribution in [0.15, 0.2) is 33.5 Å². The standard InChI is InChI=1S/C14H10ClNO3/c1-6-2-8-7-3-10(15)12(17)4-9(7)14(18)19-13(8)5-11(6)16/h2-5,17H,16H2,1H3. The van der Waals surface area contributed by atoms with Crippen LogP contribution < -0.4 is 11.4 Å². The topological polar surface area (TPSA) is 76.5 Å². The van der Waals surface area contributed by atoms with E-state index in [4.69, 9.17) is 21.8 Å². The van der Waals surface area contributed by atoms with Crippen molar-refractivity contribution >= 4 is 39.0 Å². The van der Waals surface area contributed by atoms with E-state index in [9.17, 15) is 9.90 Å². The Balaban J connectivity index is 2.61. The van der Waals surface area contributed by atoms with Crippen LogP contribution in [-0.2, 0) is 0 Å². The van der Waals surface area contributed by atoms with Crippen LogP contribution >= 0.6 is 11.6 Å². The molecule has 3 rings (SSSR count). The van der Waals surface area contributed by atoms with Gasteiger partial charge in [-0.1, -0.05) is 11.6 Å². The monoisotopic (exact) mass is 275 g/mol. The zero-order valence-electron chi connectivity index (χ0n) is 10.0. The number of anilines is 1. The van der Waals surface area contributed by atoms with Crippen molar-refractivity contribution in [2.24, 2.45) is 0 Å². The van der Waals surface area contributed by atoms with Gasteiger partial charge in [0.15, 0.2) is 0 Å². The van der Waals surface area contributed by atoms with Crippen molar-refractivity contribution in [2.75, 3.05) is 5.73 Å². The van der Waals surface area contributed by atoms with Crippen LogP contribution in [0.3, 0.4) is 0 Å². The van der Waals surface area contributed by atoms with E-state index in [0.29, 0.717) is 22.0 Å². The van der Waals surface area contributed by atoms with Gasteiger partial charge in [-0.3, -0.25) is 0 Å². The molecule has 0 aliphatic rings. The SMILES string of the molecule is Cc1cc2c(cc1N)oc(=O)c1cc(O)c(Cl)cc12. The van der Waals surface area contributed by atoms with Gasteiger partial charge >= 0.3 is 5.63 Å². The van der Waals surface area contributed by atoms with E-state index in [-0.39, 0.29) is 10.8 Å². The van der Waals surface area contributed by atoms with E-state index in [0.717, 1.165) is 10.9 Å². The summed E-state index contributed by atoms with van der Waals surface area (Å²) in [5.41, 5.74) is 7.12. The molecule has 0 amide bonds. The number of aryl methyl sites for hydroxylation is 1. The average Bonchev–Trinajstić information content (AvgIpc) is 2.35. The van der Waals surface area contributed by atoms with Crippen molar-refractivity contribution in [2.45, 2.75) is 6.92 Å². The first-order chi connectivity index (χ1) is 8.97. The highest BCUT2D eigenvalue weighted by Gasteiger charge is 2.12. The van der Waals surface area contributed by atoms with E-state index >= 15 is 0 Å². The van der Waals surface area contributed by atoms with Crippen LogP contribution in [-0.4, -0.2) is 5.11 Å². The van der Waals surface area contributed by atoms with Crippen molar-refractivity contribution in [1.29, 1.82) is 0 Å². The van der Waals surface area contributed by atoms with Crippen molar-refractivity contribution in [3.8, 4) is 5.75 Å².